The highest BCUT2D eigenvalue weighted by Crippen LogP contribution is 2.10. The molecule has 0 unspecified atom stereocenters. The lowest BCUT2D eigenvalue weighted by Crippen LogP contribution is -2.01. The molecule has 0 bridgehead atoms. The van der Waals surface area contributed by atoms with Crippen molar-refractivity contribution >= 4 is 28.3 Å². The topological polar surface area (TPSA) is 54.7 Å². The van der Waals surface area contributed by atoms with E-state index in [9.17, 15) is 0 Å². The highest BCUT2D eigenvalue weighted by atomic mass is 32.2. The quantitative estimate of drug-likeness (QED) is 0.469. The largest absolute Gasteiger partial charge is 0.384 e. The SMILES string of the molecule is NC(=S)Sc1ncc[nH]1. The van der Waals surface area contributed by atoms with Gasteiger partial charge in [0.15, 0.2) is 5.16 Å². The molecule has 0 saturated heterocycles. The van der Waals surface area contributed by atoms with Crippen LogP contribution in [0.5, 0.6) is 0 Å². The van der Waals surface area contributed by atoms with Crippen LogP contribution in [-0.4, -0.2) is 14.3 Å². The van der Waals surface area contributed by atoms with Crippen molar-refractivity contribution in [3.63, 3.8) is 0 Å². The fourth-order valence-corrected chi connectivity index (χ4v) is 1.07. The standard InChI is InChI=1S/C4H5N3S2/c5-3(8)9-4-6-1-2-7-4/h1-2H,(H2,5,8)(H,6,7). The third-order valence-corrected chi connectivity index (χ3v) is 1.54. The maximum absolute atomic E-state index is 5.22. The van der Waals surface area contributed by atoms with Gasteiger partial charge in [-0.2, -0.15) is 0 Å². The van der Waals surface area contributed by atoms with Crippen LogP contribution >= 0.6 is 24.0 Å². The zero-order valence-electron chi connectivity index (χ0n) is 4.50. The van der Waals surface area contributed by atoms with E-state index in [0.29, 0.717) is 4.32 Å². The first-order valence-corrected chi connectivity index (χ1v) is 3.48. The summed E-state index contributed by atoms with van der Waals surface area (Å²) in [5.74, 6) is 0. The van der Waals surface area contributed by atoms with Crippen molar-refractivity contribution in [2.75, 3.05) is 0 Å². The van der Waals surface area contributed by atoms with Gasteiger partial charge in [0.2, 0.25) is 0 Å². The van der Waals surface area contributed by atoms with E-state index in [1.807, 2.05) is 0 Å². The summed E-state index contributed by atoms with van der Waals surface area (Å²) in [4.78, 5) is 6.75. The number of hydrogen-bond acceptors (Lipinski definition) is 3. The van der Waals surface area contributed by atoms with Gasteiger partial charge in [-0.3, -0.25) is 0 Å². The van der Waals surface area contributed by atoms with Gasteiger partial charge in [0.05, 0.1) is 0 Å². The van der Waals surface area contributed by atoms with E-state index in [1.165, 1.54) is 11.8 Å². The number of H-pyrrole nitrogens is 1. The predicted octanol–water partition coefficient (Wildman–Crippen LogP) is 0.745. The van der Waals surface area contributed by atoms with Crippen molar-refractivity contribution in [2.45, 2.75) is 5.16 Å². The van der Waals surface area contributed by atoms with Gasteiger partial charge >= 0.3 is 0 Å². The Morgan fingerprint density at radius 2 is 2.67 bits per heavy atom. The van der Waals surface area contributed by atoms with Crippen molar-refractivity contribution < 1.29 is 0 Å². The molecular formula is C4H5N3S2. The normalized spacial score (nSPS) is 9.33. The molecule has 0 aromatic carbocycles. The number of nitrogens with one attached hydrogen (secondary N) is 1. The van der Waals surface area contributed by atoms with Crippen LogP contribution in [0, 0.1) is 0 Å². The second kappa shape index (κ2) is 2.84. The summed E-state index contributed by atoms with van der Waals surface area (Å²) in [6, 6.07) is 0. The maximum Gasteiger partial charge on any atom is 0.172 e. The van der Waals surface area contributed by atoms with Crippen molar-refractivity contribution in [3.05, 3.63) is 12.4 Å². The lowest BCUT2D eigenvalue weighted by molar-refractivity contribution is 1.07. The second-order valence-corrected chi connectivity index (χ2v) is 3.04. The zero-order chi connectivity index (χ0) is 6.69. The van der Waals surface area contributed by atoms with Gasteiger partial charge in [0, 0.05) is 12.4 Å². The molecule has 9 heavy (non-hydrogen) atoms. The minimum absolute atomic E-state index is 0.380. The monoisotopic (exact) mass is 159 g/mol. The first-order valence-electron chi connectivity index (χ1n) is 2.25. The molecule has 1 aromatic rings. The van der Waals surface area contributed by atoms with Gasteiger partial charge in [0.25, 0.3) is 0 Å². The summed E-state index contributed by atoms with van der Waals surface area (Å²) in [5, 5.41) is 0.738. The van der Waals surface area contributed by atoms with E-state index in [0.717, 1.165) is 5.16 Å². The Morgan fingerprint density at radius 3 is 3.11 bits per heavy atom. The zero-order valence-corrected chi connectivity index (χ0v) is 6.13. The van der Waals surface area contributed by atoms with Crippen LogP contribution in [0.4, 0.5) is 0 Å². The summed E-state index contributed by atoms with van der Waals surface area (Å²) in [7, 11) is 0. The molecule has 0 saturated carbocycles. The number of thioether (sulfide) groups is 1. The van der Waals surface area contributed by atoms with Crippen LogP contribution in [0.1, 0.15) is 0 Å². The van der Waals surface area contributed by atoms with Crippen LogP contribution in [0.3, 0.4) is 0 Å². The third-order valence-electron chi connectivity index (χ3n) is 0.670. The number of nitrogens with zero attached hydrogens (tertiary/aromatic N) is 1. The Bertz CT molecular complexity index is 194. The molecule has 3 nitrogen and oxygen atoms in total. The molecule has 0 aliphatic carbocycles. The smallest absolute Gasteiger partial charge is 0.172 e. The molecule has 1 rings (SSSR count). The predicted molar refractivity (Wildman–Crippen MR) is 41.2 cm³/mol. The van der Waals surface area contributed by atoms with E-state index in [-0.39, 0.29) is 0 Å². The average Bonchev–Trinajstić information content (AvgIpc) is 2.15. The minimum Gasteiger partial charge on any atom is -0.384 e. The lowest BCUT2D eigenvalue weighted by atomic mass is 11.0. The van der Waals surface area contributed by atoms with E-state index in [1.54, 1.807) is 12.4 Å². The summed E-state index contributed by atoms with van der Waals surface area (Å²) >= 11 is 5.87. The summed E-state index contributed by atoms with van der Waals surface area (Å²) in [6.07, 6.45) is 3.38. The first-order chi connectivity index (χ1) is 4.29. The first kappa shape index (κ1) is 6.57. The fraction of sp³-hybridized carbons (Fsp3) is 0. The van der Waals surface area contributed by atoms with Crippen LogP contribution in [-0.2, 0) is 0 Å². The van der Waals surface area contributed by atoms with Gasteiger partial charge in [-0.15, -0.1) is 0 Å². The molecule has 48 valence electrons. The number of aromatic amines is 1. The average molecular weight is 159 g/mol. The van der Waals surface area contributed by atoms with Gasteiger partial charge < -0.3 is 10.7 Å². The van der Waals surface area contributed by atoms with Crippen LogP contribution in [0.2, 0.25) is 0 Å². The second-order valence-electron chi connectivity index (χ2n) is 1.32. The van der Waals surface area contributed by atoms with Gasteiger partial charge in [-0.1, -0.05) is 12.2 Å². The Labute approximate surface area is 62.0 Å². The number of hydrogen-bond donors (Lipinski definition) is 2. The van der Waals surface area contributed by atoms with Crippen molar-refractivity contribution in [2.24, 2.45) is 5.73 Å². The molecular weight excluding hydrogens is 154 g/mol. The molecule has 0 atom stereocenters. The van der Waals surface area contributed by atoms with Crippen molar-refractivity contribution in [1.29, 1.82) is 0 Å². The van der Waals surface area contributed by atoms with E-state index >= 15 is 0 Å². The molecule has 5 heteroatoms. The molecule has 0 spiro atoms. The number of aromatic nitrogens is 2. The van der Waals surface area contributed by atoms with E-state index in [4.69, 9.17) is 5.73 Å². The molecule has 0 radical (unpaired) electrons. The van der Waals surface area contributed by atoms with E-state index in [2.05, 4.69) is 22.2 Å². The molecule has 3 N–H and O–H groups in total. The van der Waals surface area contributed by atoms with Gasteiger partial charge in [-0.05, 0) is 11.8 Å². The van der Waals surface area contributed by atoms with Gasteiger partial charge in [0.1, 0.15) is 4.32 Å². The summed E-state index contributed by atoms with van der Waals surface area (Å²) < 4.78 is 0.380. The summed E-state index contributed by atoms with van der Waals surface area (Å²) in [5.41, 5.74) is 5.22. The number of imidazole rings is 1. The molecule has 0 aliphatic rings. The van der Waals surface area contributed by atoms with E-state index < -0.39 is 0 Å². The number of nitrogens with two attached hydrogens (primary N) is 1. The molecule has 0 fully saturated rings. The van der Waals surface area contributed by atoms with Crippen molar-refractivity contribution in [1.82, 2.24) is 9.97 Å². The number of rotatable bonds is 1. The molecule has 0 aliphatic heterocycles. The Hall–Kier alpha value is -0.550. The Morgan fingerprint density at radius 1 is 1.89 bits per heavy atom. The maximum atomic E-state index is 5.22. The molecule has 1 heterocycles. The lowest BCUT2D eigenvalue weighted by Gasteiger charge is -1.88. The van der Waals surface area contributed by atoms with Crippen LogP contribution in [0.25, 0.3) is 0 Å². The van der Waals surface area contributed by atoms with Crippen LogP contribution in [0.15, 0.2) is 17.6 Å². The van der Waals surface area contributed by atoms with Crippen LogP contribution < -0.4 is 5.73 Å². The fourth-order valence-electron chi connectivity index (χ4n) is 0.402. The molecule has 1 aromatic heterocycles. The van der Waals surface area contributed by atoms with Crippen molar-refractivity contribution in [3.8, 4) is 0 Å². The Balaban J connectivity index is 2.58. The Kier molecular flexibility index (Phi) is 2.07. The minimum atomic E-state index is 0.380. The third kappa shape index (κ3) is 2.03. The highest BCUT2D eigenvalue weighted by molar-refractivity contribution is 8.22. The summed E-state index contributed by atoms with van der Waals surface area (Å²) in [6.45, 7) is 0. The molecule has 0 amide bonds. The highest BCUT2D eigenvalue weighted by Gasteiger charge is 1.94. The number of thiocarbonyl (C=S) groups is 1. The van der Waals surface area contributed by atoms with Gasteiger partial charge in [-0.25, -0.2) is 4.98 Å².